The quantitative estimate of drug-likeness (QED) is 0.379. The topological polar surface area (TPSA) is 40.1 Å². The van der Waals surface area contributed by atoms with Gasteiger partial charge in [0.15, 0.2) is 0 Å². The maximum atomic E-state index is 8.89. The van der Waals surface area contributed by atoms with Gasteiger partial charge >= 0.3 is 0 Å². The van der Waals surface area contributed by atoms with E-state index in [0.717, 1.165) is 13.1 Å². The van der Waals surface area contributed by atoms with Crippen LogP contribution in [0, 0.1) is 27.7 Å². The van der Waals surface area contributed by atoms with Crippen LogP contribution in [0.1, 0.15) is 34.7 Å². The fourth-order valence-corrected chi connectivity index (χ4v) is 9.69. The fraction of sp³-hybridized carbons (Fsp3) is 0.194. The highest BCUT2D eigenvalue weighted by molar-refractivity contribution is 7.95. The molecular weight excluding hydrogens is 435 g/mol. The van der Waals surface area contributed by atoms with Crippen molar-refractivity contribution in [3.63, 3.8) is 0 Å². The second-order valence-electron chi connectivity index (χ2n) is 8.80. The highest BCUT2D eigenvalue weighted by Crippen LogP contribution is 2.59. The van der Waals surface area contributed by atoms with Crippen molar-refractivity contribution in [1.29, 1.82) is 0 Å². The molecule has 0 fully saturated rings. The van der Waals surface area contributed by atoms with E-state index in [-0.39, 0.29) is 0 Å². The number of carboxylic acid groups (broad SMARTS) is 1. The molecule has 0 radical (unpaired) electrons. The van der Waals surface area contributed by atoms with Gasteiger partial charge in [-0.05, 0) is 75.1 Å². The number of benzene rings is 4. The number of hydrogen-bond donors (Lipinski definition) is 0. The molecular formula is C31H33O2P. The second-order valence-corrected chi connectivity index (χ2v) is 12.2. The minimum absolute atomic E-state index is 0.972. The zero-order valence-electron chi connectivity index (χ0n) is 20.7. The van der Waals surface area contributed by atoms with Crippen molar-refractivity contribution in [1.82, 2.24) is 0 Å². The summed E-state index contributed by atoms with van der Waals surface area (Å²) in [5, 5.41) is 13.4. The van der Waals surface area contributed by atoms with E-state index >= 15 is 0 Å². The molecule has 4 aromatic rings. The van der Waals surface area contributed by atoms with E-state index in [0.29, 0.717) is 0 Å². The van der Waals surface area contributed by atoms with Crippen molar-refractivity contribution in [2.24, 2.45) is 0 Å². The number of carboxylic acids is 1. The van der Waals surface area contributed by atoms with E-state index < -0.39 is 13.2 Å². The summed E-state index contributed by atoms with van der Waals surface area (Å²) in [5.41, 5.74) is 6.85. The number of hydrogen-bond acceptors (Lipinski definition) is 2. The predicted molar refractivity (Wildman–Crippen MR) is 145 cm³/mol. The monoisotopic (exact) mass is 468 g/mol. The summed E-state index contributed by atoms with van der Waals surface area (Å²) in [4.78, 5) is 8.89. The first-order valence-corrected chi connectivity index (χ1v) is 13.5. The molecule has 0 saturated heterocycles. The molecule has 0 atom stereocenters. The predicted octanol–water partition coefficient (Wildman–Crippen LogP) is 5.17. The summed E-state index contributed by atoms with van der Waals surface area (Å²) in [6.07, 6.45) is 1.04. The lowest BCUT2D eigenvalue weighted by atomic mass is 10.2. The van der Waals surface area contributed by atoms with Crippen LogP contribution < -0.4 is 21.0 Å². The van der Waals surface area contributed by atoms with Gasteiger partial charge in [-0.1, -0.05) is 84.4 Å². The van der Waals surface area contributed by atoms with Crippen LogP contribution in [0.4, 0.5) is 0 Å². The molecule has 0 aliphatic carbocycles. The standard InChI is InChI=1S/C29H30P.C2H4O2/c1-22-17-19-26(20-18-22)21-30(27-14-8-5-11-23(27)2,28-15-9-6-12-24(28)3)29-16-10-7-13-25(29)4;1-2(3)4/h5-20H,21H2,1-4H3;1H3,(H,3,4)/q+1;/p-1. The molecule has 0 heterocycles. The summed E-state index contributed by atoms with van der Waals surface area (Å²) < 4.78 is 0. The lowest BCUT2D eigenvalue weighted by molar-refractivity contribution is -0.302. The van der Waals surface area contributed by atoms with Gasteiger partial charge in [0.25, 0.3) is 0 Å². The third-order valence-electron chi connectivity index (χ3n) is 6.12. The summed E-state index contributed by atoms with van der Waals surface area (Å²) in [6, 6.07) is 36.2. The molecule has 0 aliphatic rings. The van der Waals surface area contributed by atoms with E-state index in [2.05, 4.69) is 125 Å². The first kappa shape index (κ1) is 25.4. The molecule has 4 rings (SSSR count). The Hall–Kier alpha value is -3.22. The summed E-state index contributed by atoms with van der Waals surface area (Å²) in [6.45, 7) is 9.96. The first-order chi connectivity index (χ1) is 16.3. The van der Waals surface area contributed by atoms with Gasteiger partial charge in [0.05, 0.1) is 6.16 Å². The highest BCUT2D eigenvalue weighted by Gasteiger charge is 2.48. The van der Waals surface area contributed by atoms with Gasteiger partial charge in [-0.25, -0.2) is 0 Å². The number of aryl methyl sites for hydroxylation is 4. The zero-order valence-corrected chi connectivity index (χ0v) is 21.6. The molecule has 0 amide bonds. The molecule has 0 N–H and O–H groups in total. The van der Waals surface area contributed by atoms with Crippen LogP contribution in [0.15, 0.2) is 97.1 Å². The summed E-state index contributed by atoms with van der Waals surface area (Å²) >= 11 is 0. The normalized spacial score (nSPS) is 10.9. The molecule has 0 bridgehead atoms. The molecule has 0 saturated carbocycles. The fourth-order valence-electron chi connectivity index (χ4n) is 4.59. The third-order valence-corrected chi connectivity index (χ3v) is 10.9. The smallest absolute Gasteiger partial charge is 0.117 e. The Balaban J connectivity index is 0.000000751. The third kappa shape index (κ3) is 5.64. The molecule has 0 spiro atoms. The maximum Gasteiger partial charge on any atom is 0.117 e. The van der Waals surface area contributed by atoms with Crippen molar-refractivity contribution in [3.05, 3.63) is 125 Å². The summed E-state index contributed by atoms with van der Waals surface area (Å²) in [5.74, 6) is -1.08. The van der Waals surface area contributed by atoms with Gasteiger partial charge in [-0.3, -0.25) is 0 Å². The van der Waals surface area contributed by atoms with Crippen LogP contribution in [-0.4, -0.2) is 5.97 Å². The van der Waals surface area contributed by atoms with Gasteiger partial charge in [0.1, 0.15) is 23.2 Å². The van der Waals surface area contributed by atoms with E-state index in [1.165, 1.54) is 43.7 Å². The van der Waals surface area contributed by atoms with Crippen LogP contribution in [-0.2, 0) is 11.0 Å². The van der Waals surface area contributed by atoms with Crippen molar-refractivity contribution in [3.8, 4) is 0 Å². The van der Waals surface area contributed by atoms with E-state index in [4.69, 9.17) is 9.90 Å². The van der Waals surface area contributed by atoms with Crippen LogP contribution in [0.3, 0.4) is 0 Å². The Morgan fingerprint density at radius 2 is 0.941 bits per heavy atom. The lowest BCUT2D eigenvalue weighted by Crippen LogP contribution is -2.36. The Morgan fingerprint density at radius 1 is 0.618 bits per heavy atom. The van der Waals surface area contributed by atoms with Crippen LogP contribution >= 0.6 is 7.26 Å². The SMILES string of the molecule is CC(=O)[O-].Cc1ccc(C[P+](c2ccccc2C)(c2ccccc2C)c2ccccc2C)cc1. The highest BCUT2D eigenvalue weighted by atomic mass is 31.2. The molecule has 3 heteroatoms. The lowest BCUT2D eigenvalue weighted by Gasteiger charge is -2.31. The van der Waals surface area contributed by atoms with Crippen molar-refractivity contribution in [2.75, 3.05) is 0 Å². The zero-order chi connectivity index (χ0) is 24.7. The number of carbonyl (C=O) groups is 1. The minimum Gasteiger partial charge on any atom is -0.550 e. The maximum absolute atomic E-state index is 8.89. The van der Waals surface area contributed by atoms with Gasteiger partial charge in [-0.15, -0.1) is 0 Å². The molecule has 2 nitrogen and oxygen atoms in total. The van der Waals surface area contributed by atoms with Gasteiger partial charge in [-0.2, -0.15) is 0 Å². The molecule has 34 heavy (non-hydrogen) atoms. The molecule has 4 aromatic carbocycles. The van der Waals surface area contributed by atoms with Crippen molar-refractivity contribution < 1.29 is 9.90 Å². The second kappa shape index (κ2) is 11.3. The number of carbonyl (C=O) groups excluding carboxylic acids is 1. The van der Waals surface area contributed by atoms with Gasteiger partial charge in [0.2, 0.25) is 0 Å². The van der Waals surface area contributed by atoms with Gasteiger partial charge in [0, 0.05) is 5.97 Å². The first-order valence-electron chi connectivity index (χ1n) is 11.6. The molecule has 0 aliphatic heterocycles. The van der Waals surface area contributed by atoms with Crippen LogP contribution in [0.25, 0.3) is 0 Å². The largest absolute Gasteiger partial charge is 0.550 e. The number of aliphatic carboxylic acids is 1. The van der Waals surface area contributed by atoms with Crippen LogP contribution in [0.2, 0.25) is 0 Å². The Morgan fingerprint density at radius 3 is 1.26 bits per heavy atom. The molecule has 174 valence electrons. The Kier molecular flexibility index (Phi) is 8.42. The number of rotatable bonds is 5. The van der Waals surface area contributed by atoms with E-state index in [9.17, 15) is 0 Å². The summed E-state index contributed by atoms with van der Waals surface area (Å²) in [7, 11) is -1.90. The molecule has 0 aromatic heterocycles. The van der Waals surface area contributed by atoms with Gasteiger partial charge < -0.3 is 9.90 Å². The van der Waals surface area contributed by atoms with E-state index in [1.807, 2.05) is 0 Å². The Labute approximate surface area is 204 Å². The minimum atomic E-state index is -1.90. The van der Waals surface area contributed by atoms with Crippen molar-refractivity contribution >= 4 is 29.1 Å². The molecule has 0 unspecified atom stereocenters. The van der Waals surface area contributed by atoms with E-state index in [1.54, 1.807) is 0 Å². The Bertz CT molecular complexity index is 1140. The average Bonchev–Trinajstić information content (AvgIpc) is 2.80. The van der Waals surface area contributed by atoms with Crippen molar-refractivity contribution in [2.45, 2.75) is 40.8 Å². The van der Waals surface area contributed by atoms with Crippen LogP contribution in [0.5, 0.6) is 0 Å². The average molecular weight is 469 g/mol.